The Labute approximate surface area is 237 Å². The highest BCUT2D eigenvalue weighted by atomic mass is 16.5. The largest absolute Gasteiger partial charge is 0.497 e. The number of carbonyl (C=O) groups excluding carboxylic acids is 1. The Morgan fingerprint density at radius 3 is 2.27 bits per heavy atom. The molecule has 0 saturated carbocycles. The third-order valence-electron chi connectivity index (χ3n) is 7.17. The number of ether oxygens (including phenoxy) is 1. The summed E-state index contributed by atoms with van der Waals surface area (Å²) in [5, 5.41) is 0. The minimum atomic E-state index is -0.0341. The van der Waals surface area contributed by atoms with Crippen molar-refractivity contribution in [2.75, 3.05) is 39.8 Å². The topological polar surface area (TPSA) is 49.2 Å². The molecule has 0 unspecified atom stereocenters. The average molecular weight is 536 g/mol. The first kappa shape index (κ1) is 27.4. The SMILES string of the molecule is COc1cccc(CN(Cc2ccccc2)Cc2ccc(C(=O)N3CCN(CC=Cc4ccccc4)CC3)o2)c1. The van der Waals surface area contributed by atoms with Gasteiger partial charge in [-0.25, -0.2) is 0 Å². The third kappa shape index (κ3) is 7.72. The second kappa shape index (κ2) is 13.8. The van der Waals surface area contributed by atoms with E-state index in [0.29, 0.717) is 25.4 Å². The molecule has 3 aromatic carbocycles. The zero-order chi connectivity index (χ0) is 27.6. The van der Waals surface area contributed by atoms with Crippen LogP contribution in [0.1, 0.15) is 33.0 Å². The molecule has 1 aliphatic heterocycles. The van der Waals surface area contributed by atoms with E-state index in [1.165, 1.54) is 11.1 Å². The smallest absolute Gasteiger partial charge is 0.289 e. The lowest BCUT2D eigenvalue weighted by Gasteiger charge is -2.33. The molecule has 1 fully saturated rings. The number of methoxy groups -OCH3 is 1. The lowest BCUT2D eigenvalue weighted by atomic mass is 10.1. The Morgan fingerprint density at radius 1 is 0.825 bits per heavy atom. The van der Waals surface area contributed by atoms with E-state index in [1.54, 1.807) is 7.11 Å². The molecule has 0 spiro atoms. The van der Waals surface area contributed by atoms with Gasteiger partial charge in [0, 0.05) is 45.8 Å². The van der Waals surface area contributed by atoms with Crippen LogP contribution in [0.4, 0.5) is 0 Å². The zero-order valence-corrected chi connectivity index (χ0v) is 23.1. The second-order valence-electron chi connectivity index (χ2n) is 10.2. The minimum absolute atomic E-state index is 0.0341. The quantitative estimate of drug-likeness (QED) is 0.237. The molecule has 0 aliphatic carbocycles. The monoisotopic (exact) mass is 535 g/mol. The van der Waals surface area contributed by atoms with E-state index in [9.17, 15) is 4.79 Å². The van der Waals surface area contributed by atoms with Crippen LogP contribution in [-0.4, -0.2) is 60.4 Å². The van der Waals surface area contributed by atoms with Crippen molar-refractivity contribution in [2.24, 2.45) is 0 Å². The maximum Gasteiger partial charge on any atom is 0.289 e. The molecule has 2 heterocycles. The molecule has 0 radical (unpaired) electrons. The fourth-order valence-electron chi connectivity index (χ4n) is 5.03. The van der Waals surface area contributed by atoms with Gasteiger partial charge in [0.15, 0.2) is 5.76 Å². The summed E-state index contributed by atoms with van der Waals surface area (Å²) in [7, 11) is 1.69. The van der Waals surface area contributed by atoms with Crippen LogP contribution in [0, 0.1) is 0 Å². The van der Waals surface area contributed by atoms with Crippen molar-refractivity contribution >= 4 is 12.0 Å². The summed E-state index contributed by atoms with van der Waals surface area (Å²) in [6, 6.07) is 32.6. The van der Waals surface area contributed by atoms with E-state index >= 15 is 0 Å². The van der Waals surface area contributed by atoms with E-state index < -0.39 is 0 Å². The molecule has 4 aromatic rings. The Bertz CT molecular complexity index is 1380. The van der Waals surface area contributed by atoms with Crippen molar-refractivity contribution in [1.29, 1.82) is 0 Å². The van der Waals surface area contributed by atoms with Crippen LogP contribution in [0.2, 0.25) is 0 Å². The summed E-state index contributed by atoms with van der Waals surface area (Å²) in [5.74, 6) is 2.00. The molecule has 6 nitrogen and oxygen atoms in total. The Balaban J connectivity index is 1.17. The summed E-state index contributed by atoms with van der Waals surface area (Å²) in [6.07, 6.45) is 4.34. The highest BCUT2D eigenvalue weighted by Crippen LogP contribution is 2.20. The van der Waals surface area contributed by atoms with Gasteiger partial charge in [-0.1, -0.05) is 84.9 Å². The molecule has 1 amide bonds. The number of amides is 1. The van der Waals surface area contributed by atoms with Gasteiger partial charge in [-0.2, -0.15) is 0 Å². The fraction of sp³-hybridized carbons (Fsp3) is 0.265. The summed E-state index contributed by atoms with van der Waals surface area (Å²) in [5.41, 5.74) is 3.59. The van der Waals surface area contributed by atoms with Gasteiger partial charge in [-0.15, -0.1) is 0 Å². The molecule has 1 aliphatic rings. The third-order valence-corrected chi connectivity index (χ3v) is 7.17. The van der Waals surface area contributed by atoms with Crippen LogP contribution < -0.4 is 4.74 Å². The molecule has 0 bridgehead atoms. The van der Waals surface area contributed by atoms with Gasteiger partial charge in [0.25, 0.3) is 5.91 Å². The van der Waals surface area contributed by atoms with Gasteiger partial charge in [0.2, 0.25) is 0 Å². The van der Waals surface area contributed by atoms with Crippen LogP contribution in [0.3, 0.4) is 0 Å². The summed E-state index contributed by atoms with van der Waals surface area (Å²) >= 11 is 0. The number of hydrogen-bond donors (Lipinski definition) is 0. The van der Waals surface area contributed by atoms with Crippen molar-refractivity contribution in [2.45, 2.75) is 19.6 Å². The molecule has 40 heavy (non-hydrogen) atoms. The molecule has 6 heteroatoms. The van der Waals surface area contributed by atoms with E-state index in [1.807, 2.05) is 53.4 Å². The molecule has 206 valence electrons. The zero-order valence-electron chi connectivity index (χ0n) is 23.1. The summed E-state index contributed by atoms with van der Waals surface area (Å²) in [4.78, 5) is 19.8. The van der Waals surface area contributed by atoms with Crippen LogP contribution in [0.5, 0.6) is 5.75 Å². The first-order valence-corrected chi connectivity index (χ1v) is 13.9. The first-order valence-electron chi connectivity index (χ1n) is 13.9. The molecule has 0 atom stereocenters. The number of benzene rings is 3. The first-order chi connectivity index (χ1) is 19.7. The van der Waals surface area contributed by atoms with Crippen LogP contribution in [-0.2, 0) is 19.6 Å². The van der Waals surface area contributed by atoms with Gasteiger partial charge in [0.05, 0.1) is 13.7 Å². The molecular weight excluding hydrogens is 498 g/mol. The lowest BCUT2D eigenvalue weighted by molar-refractivity contribution is 0.0615. The number of piperazine rings is 1. The highest BCUT2D eigenvalue weighted by Gasteiger charge is 2.24. The fourth-order valence-corrected chi connectivity index (χ4v) is 5.03. The van der Waals surface area contributed by atoms with Gasteiger partial charge in [-0.05, 0) is 41.0 Å². The van der Waals surface area contributed by atoms with Crippen LogP contribution in [0.15, 0.2) is 108 Å². The lowest BCUT2D eigenvalue weighted by Crippen LogP contribution is -2.48. The Kier molecular flexibility index (Phi) is 9.46. The Morgan fingerprint density at radius 2 is 1.52 bits per heavy atom. The number of furan rings is 1. The standard InChI is InChI=1S/C34H37N3O3/c1-39-31-16-8-14-30(24-31)26-36(25-29-12-6-3-7-13-29)27-32-17-18-33(40-32)34(38)37-22-20-35(21-23-37)19-9-15-28-10-4-2-5-11-28/h2-18,24H,19-23,25-27H2,1H3. The van der Waals surface area contributed by atoms with Crippen molar-refractivity contribution in [1.82, 2.24) is 14.7 Å². The van der Waals surface area contributed by atoms with Gasteiger partial charge in [0.1, 0.15) is 11.5 Å². The van der Waals surface area contributed by atoms with Gasteiger partial charge in [-0.3, -0.25) is 14.6 Å². The van der Waals surface area contributed by atoms with Crippen molar-refractivity contribution in [3.63, 3.8) is 0 Å². The number of hydrogen-bond acceptors (Lipinski definition) is 5. The second-order valence-corrected chi connectivity index (χ2v) is 10.2. The maximum absolute atomic E-state index is 13.2. The molecule has 1 aromatic heterocycles. The predicted molar refractivity (Wildman–Crippen MR) is 159 cm³/mol. The Hall–Kier alpha value is -4.13. The highest BCUT2D eigenvalue weighted by molar-refractivity contribution is 5.91. The molecule has 0 N–H and O–H groups in total. The maximum atomic E-state index is 13.2. The van der Waals surface area contributed by atoms with Crippen molar-refractivity contribution in [3.05, 3.63) is 131 Å². The van der Waals surface area contributed by atoms with Crippen LogP contribution in [0.25, 0.3) is 6.08 Å². The summed E-state index contributed by atoms with van der Waals surface area (Å²) in [6.45, 7) is 6.08. The average Bonchev–Trinajstić information content (AvgIpc) is 3.47. The van der Waals surface area contributed by atoms with Gasteiger partial charge < -0.3 is 14.1 Å². The van der Waals surface area contributed by atoms with E-state index in [0.717, 1.165) is 49.8 Å². The normalized spacial score (nSPS) is 14.2. The minimum Gasteiger partial charge on any atom is -0.497 e. The number of rotatable bonds is 11. The van der Waals surface area contributed by atoms with Crippen LogP contribution >= 0.6 is 0 Å². The molecular formula is C34H37N3O3. The number of carbonyl (C=O) groups is 1. The molecule has 5 rings (SSSR count). The van der Waals surface area contributed by atoms with Gasteiger partial charge >= 0.3 is 0 Å². The predicted octanol–water partition coefficient (Wildman–Crippen LogP) is 5.96. The van der Waals surface area contributed by atoms with Crippen molar-refractivity contribution < 1.29 is 13.9 Å². The number of nitrogens with zero attached hydrogens (tertiary/aromatic N) is 3. The molecule has 1 saturated heterocycles. The van der Waals surface area contributed by atoms with E-state index in [2.05, 4.69) is 70.5 Å². The summed E-state index contributed by atoms with van der Waals surface area (Å²) < 4.78 is 11.5. The van der Waals surface area contributed by atoms with E-state index in [4.69, 9.17) is 9.15 Å². The van der Waals surface area contributed by atoms with Crippen molar-refractivity contribution in [3.8, 4) is 5.75 Å². The van der Waals surface area contributed by atoms with E-state index in [-0.39, 0.29) is 5.91 Å².